The van der Waals surface area contributed by atoms with Crippen molar-refractivity contribution in [3.8, 4) is 11.3 Å². The maximum Gasteiger partial charge on any atom is 0.264 e. The van der Waals surface area contributed by atoms with E-state index in [4.69, 9.17) is 16.0 Å². The number of rotatable bonds is 6. The van der Waals surface area contributed by atoms with Gasteiger partial charge in [0.15, 0.2) is 12.2 Å². The predicted molar refractivity (Wildman–Crippen MR) is 123 cm³/mol. The van der Waals surface area contributed by atoms with Crippen LogP contribution in [0.2, 0.25) is 5.02 Å². The molecule has 1 aromatic heterocycles. The monoisotopic (exact) mass is 485 g/mol. The van der Waals surface area contributed by atoms with E-state index >= 15 is 0 Å². The Labute approximate surface area is 194 Å². The summed E-state index contributed by atoms with van der Waals surface area (Å²) in [6.07, 6.45) is 2.85. The van der Waals surface area contributed by atoms with Crippen LogP contribution in [0.3, 0.4) is 0 Å². The number of halogens is 2. The van der Waals surface area contributed by atoms with Gasteiger partial charge in [0.25, 0.3) is 15.9 Å². The van der Waals surface area contributed by atoms with Gasteiger partial charge in [0.1, 0.15) is 5.82 Å². The van der Waals surface area contributed by atoms with E-state index in [2.05, 4.69) is 10.3 Å². The zero-order chi connectivity index (χ0) is 23.6. The molecule has 0 fully saturated rings. The van der Waals surface area contributed by atoms with Crippen LogP contribution in [0.15, 0.2) is 88.6 Å². The average Bonchev–Trinajstić information content (AvgIpc) is 3.34. The SMILES string of the molecule is CN(c1ccc(F)cc1)S(=O)(=O)c1ccc(Cl)c(C(=O)Nc2cccc(-c3cnco3)c2)c1. The molecular weight excluding hydrogens is 469 g/mol. The molecule has 0 bridgehead atoms. The topological polar surface area (TPSA) is 92.5 Å². The van der Waals surface area contributed by atoms with E-state index in [0.717, 1.165) is 16.4 Å². The molecule has 4 aromatic rings. The molecule has 1 heterocycles. The molecule has 0 unspecified atom stereocenters. The van der Waals surface area contributed by atoms with Crippen molar-refractivity contribution in [1.82, 2.24) is 4.98 Å². The molecule has 0 saturated carbocycles. The van der Waals surface area contributed by atoms with Crippen molar-refractivity contribution in [2.45, 2.75) is 4.90 Å². The van der Waals surface area contributed by atoms with E-state index in [-0.39, 0.29) is 21.2 Å². The minimum absolute atomic E-state index is 0.0182. The number of carbonyl (C=O) groups excluding carboxylic acids is 1. The lowest BCUT2D eigenvalue weighted by Gasteiger charge is -2.20. The highest BCUT2D eigenvalue weighted by atomic mass is 35.5. The fourth-order valence-electron chi connectivity index (χ4n) is 3.09. The van der Waals surface area contributed by atoms with E-state index < -0.39 is 21.7 Å². The summed E-state index contributed by atoms with van der Waals surface area (Å²) in [5, 5.41) is 2.80. The van der Waals surface area contributed by atoms with Gasteiger partial charge in [-0.25, -0.2) is 17.8 Å². The minimum atomic E-state index is -4.03. The van der Waals surface area contributed by atoms with Crippen molar-refractivity contribution in [1.29, 1.82) is 0 Å². The van der Waals surface area contributed by atoms with Gasteiger partial charge in [0, 0.05) is 18.3 Å². The summed E-state index contributed by atoms with van der Waals surface area (Å²) in [6, 6.07) is 15.7. The molecule has 10 heteroatoms. The molecule has 0 aliphatic carbocycles. The highest BCUT2D eigenvalue weighted by Gasteiger charge is 2.24. The van der Waals surface area contributed by atoms with Crippen LogP contribution >= 0.6 is 11.6 Å². The van der Waals surface area contributed by atoms with Crippen LogP contribution < -0.4 is 9.62 Å². The lowest BCUT2D eigenvalue weighted by atomic mass is 10.1. The maximum atomic E-state index is 13.2. The van der Waals surface area contributed by atoms with Gasteiger partial charge in [-0.2, -0.15) is 0 Å². The summed E-state index contributed by atoms with van der Waals surface area (Å²) in [6.45, 7) is 0. The zero-order valence-electron chi connectivity index (χ0n) is 17.2. The third kappa shape index (κ3) is 4.74. The summed E-state index contributed by atoms with van der Waals surface area (Å²) in [5.74, 6) is -0.542. The number of oxazole rings is 1. The summed E-state index contributed by atoms with van der Waals surface area (Å²) >= 11 is 6.20. The Balaban J connectivity index is 1.61. The number of amides is 1. The molecule has 3 aromatic carbocycles. The standard InChI is InChI=1S/C23H17ClFN3O4S/c1-28(18-7-5-16(25)6-8-18)33(30,31)19-9-10-21(24)20(12-19)23(29)27-17-4-2-3-15(11-17)22-13-26-14-32-22/h2-14H,1H3,(H,27,29). The Hall–Kier alpha value is -3.69. The highest BCUT2D eigenvalue weighted by molar-refractivity contribution is 7.92. The normalized spacial score (nSPS) is 11.2. The van der Waals surface area contributed by atoms with Gasteiger partial charge in [-0.15, -0.1) is 0 Å². The van der Waals surface area contributed by atoms with E-state index in [1.165, 1.54) is 43.8 Å². The number of aromatic nitrogens is 1. The predicted octanol–water partition coefficient (Wildman–Crippen LogP) is 5.21. The number of nitrogens with zero attached hydrogens (tertiary/aromatic N) is 2. The molecule has 0 aliphatic rings. The largest absolute Gasteiger partial charge is 0.444 e. The minimum Gasteiger partial charge on any atom is -0.444 e. The lowest BCUT2D eigenvalue weighted by molar-refractivity contribution is 0.102. The van der Waals surface area contributed by atoms with Crippen LogP contribution in [0.1, 0.15) is 10.4 Å². The van der Waals surface area contributed by atoms with E-state index in [1.54, 1.807) is 30.5 Å². The molecule has 4 rings (SSSR count). The first-order valence-electron chi connectivity index (χ1n) is 9.60. The fraction of sp³-hybridized carbons (Fsp3) is 0.0435. The van der Waals surface area contributed by atoms with Crippen molar-refractivity contribution in [2.75, 3.05) is 16.7 Å². The second-order valence-electron chi connectivity index (χ2n) is 6.99. The summed E-state index contributed by atoms with van der Waals surface area (Å²) in [4.78, 5) is 16.6. The number of benzene rings is 3. The zero-order valence-corrected chi connectivity index (χ0v) is 18.8. The Morgan fingerprint density at radius 1 is 1.09 bits per heavy atom. The van der Waals surface area contributed by atoms with Gasteiger partial charge in [-0.3, -0.25) is 9.10 Å². The Kier molecular flexibility index (Phi) is 6.17. The van der Waals surface area contributed by atoms with Crippen LogP contribution in [0.5, 0.6) is 0 Å². The first kappa shape index (κ1) is 22.5. The Bertz CT molecular complexity index is 1410. The van der Waals surface area contributed by atoms with Gasteiger partial charge in [0.05, 0.1) is 27.4 Å². The Morgan fingerprint density at radius 3 is 2.55 bits per heavy atom. The summed E-state index contributed by atoms with van der Waals surface area (Å²) < 4.78 is 45.6. The molecule has 7 nitrogen and oxygen atoms in total. The number of hydrogen-bond donors (Lipinski definition) is 1. The smallest absolute Gasteiger partial charge is 0.264 e. The van der Waals surface area contributed by atoms with E-state index in [1.807, 2.05) is 0 Å². The number of sulfonamides is 1. The van der Waals surface area contributed by atoms with Crippen molar-refractivity contribution >= 4 is 38.9 Å². The first-order valence-corrected chi connectivity index (χ1v) is 11.4. The molecular formula is C23H17ClFN3O4S. The third-order valence-electron chi connectivity index (χ3n) is 4.87. The fourth-order valence-corrected chi connectivity index (χ4v) is 4.52. The van der Waals surface area contributed by atoms with Crippen molar-refractivity contribution in [3.63, 3.8) is 0 Å². The van der Waals surface area contributed by atoms with Crippen LogP contribution in [0.25, 0.3) is 11.3 Å². The second kappa shape index (κ2) is 9.05. The molecule has 0 spiro atoms. The van der Waals surface area contributed by atoms with Gasteiger partial charge >= 0.3 is 0 Å². The summed E-state index contributed by atoms with van der Waals surface area (Å²) in [7, 11) is -2.69. The van der Waals surface area contributed by atoms with E-state index in [0.29, 0.717) is 17.0 Å². The van der Waals surface area contributed by atoms with Gasteiger partial charge in [0.2, 0.25) is 0 Å². The highest BCUT2D eigenvalue weighted by Crippen LogP contribution is 2.27. The first-order chi connectivity index (χ1) is 15.8. The van der Waals surface area contributed by atoms with Crippen molar-refractivity contribution in [2.24, 2.45) is 0 Å². The van der Waals surface area contributed by atoms with Crippen LogP contribution in [0, 0.1) is 5.82 Å². The average molecular weight is 486 g/mol. The van der Waals surface area contributed by atoms with Crippen molar-refractivity contribution in [3.05, 3.63) is 95.7 Å². The van der Waals surface area contributed by atoms with Crippen LogP contribution in [-0.2, 0) is 10.0 Å². The quantitative estimate of drug-likeness (QED) is 0.404. The molecule has 168 valence electrons. The third-order valence-corrected chi connectivity index (χ3v) is 6.98. The van der Waals surface area contributed by atoms with E-state index in [9.17, 15) is 17.6 Å². The van der Waals surface area contributed by atoms with Crippen LogP contribution in [0.4, 0.5) is 15.8 Å². The molecule has 1 N–H and O–H groups in total. The Morgan fingerprint density at radius 2 is 1.85 bits per heavy atom. The van der Waals surface area contributed by atoms with Gasteiger partial charge < -0.3 is 9.73 Å². The molecule has 33 heavy (non-hydrogen) atoms. The second-order valence-corrected chi connectivity index (χ2v) is 9.37. The van der Waals surface area contributed by atoms with Gasteiger partial charge in [-0.05, 0) is 54.6 Å². The van der Waals surface area contributed by atoms with Crippen molar-refractivity contribution < 1.29 is 22.0 Å². The molecule has 0 radical (unpaired) electrons. The molecule has 0 aliphatic heterocycles. The molecule has 0 atom stereocenters. The lowest BCUT2D eigenvalue weighted by Crippen LogP contribution is -2.27. The number of hydrogen-bond acceptors (Lipinski definition) is 5. The number of nitrogens with one attached hydrogen (secondary N) is 1. The van der Waals surface area contributed by atoms with Crippen LogP contribution in [-0.4, -0.2) is 26.4 Å². The number of carbonyl (C=O) groups is 1. The molecule has 0 saturated heterocycles. The maximum absolute atomic E-state index is 13.2. The number of anilines is 2. The molecule has 1 amide bonds. The summed E-state index contributed by atoms with van der Waals surface area (Å²) in [5.41, 5.74) is 1.41. The van der Waals surface area contributed by atoms with Gasteiger partial charge in [-0.1, -0.05) is 23.7 Å².